The molecule has 0 bridgehead atoms. The summed E-state index contributed by atoms with van der Waals surface area (Å²) in [4.78, 5) is 30.6. The number of hydrogen-bond acceptors (Lipinski definition) is 4. The van der Waals surface area contributed by atoms with E-state index in [0.717, 1.165) is 24.1 Å². The van der Waals surface area contributed by atoms with Gasteiger partial charge in [0, 0.05) is 12.2 Å². The molecule has 0 saturated carbocycles. The minimum atomic E-state index is -0.422. The van der Waals surface area contributed by atoms with E-state index < -0.39 is 11.7 Å². The first-order valence-corrected chi connectivity index (χ1v) is 11.1. The molecule has 2 aliphatic rings. The fraction of sp³-hybridized carbons (Fsp3) is 0.185. The van der Waals surface area contributed by atoms with E-state index >= 15 is 0 Å². The molecular weight excluding hydrogens is 419 g/mol. The Bertz CT molecular complexity index is 1250. The van der Waals surface area contributed by atoms with E-state index in [9.17, 15) is 14.0 Å². The molecule has 0 aromatic heterocycles. The lowest BCUT2D eigenvalue weighted by Crippen LogP contribution is -2.37. The largest absolute Gasteiger partial charge is 0.494 e. The summed E-state index contributed by atoms with van der Waals surface area (Å²) in [6, 6.07) is 20.5. The van der Waals surface area contributed by atoms with Crippen LogP contribution in [0.15, 0.2) is 78.5 Å². The molecule has 0 atom stereocenters. The maximum atomic E-state index is 13.8. The number of amides is 2. The molecule has 0 fully saturated rings. The van der Waals surface area contributed by atoms with Crippen molar-refractivity contribution in [1.29, 1.82) is 0 Å². The summed E-state index contributed by atoms with van der Waals surface area (Å²) in [5, 5.41) is 0. The predicted octanol–water partition coefficient (Wildman–Crippen LogP) is 4.96. The van der Waals surface area contributed by atoms with Gasteiger partial charge in [0.1, 0.15) is 17.3 Å². The number of halogens is 1. The molecule has 0 N–H and O–H groups in total. The molecular formula is C27H23FN2O3. The van der Waals surface area contributed by atoms with Crippen LogP contribution in [0.4, 0.5) is 15.8 Å². The first-order valence-electron chi connectivity index (χ1n) is 11.1. The molecule has 166 valence electrons. The summed E-state index contributed by atoms with van der Waals surface area (Å²) in [6.45, 7) is 3.03. The second kappa shape index (κ2) is 8.54. The van der Waals surface area contributed by atoms with E-state index in [0.29, 0.717) is 35.8 Å². The molecule has 0 spiro atoms. The molecule has 2 aliphatic heterocycles. The number of rotatable bonds is 5. The van der Waals surface area contributed by atoms with E-state index in [1.807, 2.05) is 36.1 Å². The topological polar surface area (TPSA) is 49.9 Å². The number of carbonyl (C=O) groups is 2. The number of anilines is 2. The molecule has 33 heavy (non-hydrogen) atoms. The van der Waals surface area contributed by atoms with Crippen LogP contribution in [0.3, 0.4) is 0 Å². The molecule has 0 unspecified atom stereocenters. The minimum absolute atomic E-state index is 0.283. The van der Waals surface area contributed by atoms with Crippen LogP contribution in [0.2, 0.25) is 0 Å². The number of fused-ring (bicyclic) bond motifs is 1. The highest BCUT2D eigenvalue weighted by atomic mass is 19.1. The minimum Gasteiger partial charge on any atom is -0.494 e. The van der Waals surface area contributed by atoms with Crippen molar-refractivity contribution in [1.82, 2.24) is 0 Å². The third-order valence-corrected chi connectivity index (χ3v) is 5.98. The predicted molar refractivity (Wildman–Crippen MR) is 126 cm³/mol. The van der Waals surface area contributed by atoms with Crippen LogP contribution >= 0.6 is 0 Å². The van der Waals surface area contributed by atoms with Gasteiger partial charge in [-0.2, -0.15) is 0 Å². The number of para-hydroxylation sites is 1. The zero-order chi connectivity index (χ0) is 22.9. The van der Waals surface area contributed by atoms with Crippen molar-refractivity contribution in [2.24, 2.45) is 0 Å². The maximum absolute atomic E-state index is 13.8. The normalized spacial score (nSPS) is 15.8. The van der Waals surface area contributed by atoms with Gasteiger partial charge in [-0.25, -0.2) is 9.29 Å². The van der Waals surface area contributed by atoms with Gasteiger partial charge in [0.25, 0.3) is 11.8 Å². The zero-order valence-corrected chi connectivity index (χ0v) is 18.3. The molecule has 0 radical (unpaired) electrons. The molecule has 3 aromatic rings. The van der Waals surface area contributed by atoms with Crippen molar-refractivity contribution < 1.29 is 18.7 Å². The maximum Gasteiger partial charge on any atom is 0.282 e. The van der Waals surface area contributed by atoms with Gasteiger partial charge < -0.3 is 9.64 Å². The summed E-state index contributed by atoms with van der Waals surface area (Å²) in [5.41, 5.74) is 3.65. The van der Waals surface area contributed by atoms with Gasteiger partial charge in [-0.15, -0.1) is 0 Å². The molecule has 6 heteroatoms. The van der Waals surface area contributed by atoms with Gasteiger partial charge in [-0.1, -0.05) is 30.3 Å². The highest BCUT2D eigenvalue weighted by Crippen LogP contribution is 2.39. The standard InChI is InChI=1S/C27H23FN2O3/c1-2-33-22-15-13-21(14-16-22)30-26(31)24(19-9-11-20(28)12-10-19)25(27(30)32)29-17-5-7-18-6-3-4-8-23(18)29/h3-4,6,8-16H,2,5,7,17H2,1H3. The van der Waals surface area contributed by atoms with E-state index in [-0.39, 0.29) is 11.5 Å². The first kappa shape index (κ1) is 20.9. The fourth-order valence-electron chi connectivity index (χ4n) is 4.50. The number of nitrogens with zero attached hydrogens (tertiary/aromatic N) is 2. The van der Waals surface area contributed by atoms with Crippen LogP contribution in [-0.4, -0.2) is 25.0 Å². The highest BCUT2D eigenvalue weighted by Gasteiger charge is 2.43. The van der Waals surface area contributed by atoms with Gasteiger partial charge >= 0.3 is 0 Å². The van der Waals surface area contributed by atoms with Gasteiger partial charge in [-0.05, 0) is 73.4 Å². The quantitative estimate of drug-likeness (QED) is 0.524. The van der Waals surface area contributed by atoms with E-state index in [4.69, 9.17) is 4.74 Å². The Morgan fingerprint density at radius 3 is 2.36 bits per heavy atom. The highest BCUT2D eigenvalue weighted by molar-refractivity contribution is 6.46. The Labute approximate surface area is 191 Å². The average Bonchev–Trinajstić information content (AvgIpc) is 3.10. The summed E-state index contributed by atoms with van der Waals surface area (Å²) in [7, 11) is 0. The summed E-state index contributed by atoms with van der Waals surface area (Å²) in [6.07, 6.45) is 1.78. The Morgan fingerprint density at radius 1 is 0.909 bits per heavy atom. The van der Waals surface area contributed by atoms with Crippen molar-refractivity contribution >= 4 is 28.8 Å². The molecule has 0 saturated heterocycles. The third kappa shape index (κ3) is 3.67. The SMILES string of the molecule is CCOc1ccc(N2C(=O)C(c3ccc(F)cc3)=C(N3CCCc4ccccc43)C2=O)cc1. The van der Waals surface area contributed by atoms with Gasteiger partial charge in [0.15, 0.2) is 0 Å². The lowest BCUT2D eigenvalue weighted by molar-refractivity contribution is -0.120. The number of benzene rings is 3. The van der Waals surface area contributed by atoms with Gasteiger partial charge in [0.2, 0.25) is 0 Å². The summed E-state index contributed by atoms with van der Waals surface area (Å²) in [5.74, 6) is -0.546. The van der Waals surface area contributed by atoms with E-state index in [1.54, 1.807) is 36.4 Å². The van der Waals surface area contributed by atoms with Crippen molar-refractivity contribution in [3.05, 3.63) is 95.4 Å². The Balaban J connectivity index is 1.63. The molecule has 0 aliphatic carbocycles. The van der Waals surface area contributed by atoms with Crippen LogP contribution in [0.5, 0.6) is 5.75 Å². The van der Waals surface area contributed by atoms with Crippen LogP contribution in [0, 0.1) is 5.82 Å². The first-order chi connectivity index (χ1) is 16.1. The second-order valence-electron chi connectivity index (χ2n) is 7.99. The molecule has 2 amide bonds. The Kier molecular flexibility index (Phi) is 5.42. The molecule has 5 nitrogen and oxygen atoms in total. The van der Waals surface area contributed by atoms with E-state index in [1.165, 1.54) is 17.0 Å². The van der Waals surface area contributed by atoms with Crippen LogP contribution < -0.4 is 14.5 Å². The lowest BCUT2D eigenvalue weighted by Gasteiger charge is -2.32. The van der Waals surface area contributed by atoms with Crippen molar-refractivity contribution in [2.45, 2.75) is 19.8 Å². The van der Waals surface area contributed by atoms with Crippen LogP contribution in [0.1, 0.15) is 24.5 Å². The van der Waals surface area contributed by atoms with Crippen molar-refractivity contribution in [3.8, 4) is 5.75 Å². The lowest BCUT2D eigenvalue weighted by atomic mass is 9.98. The number of aryl methyl sites for hydroxylation is 1. The van der Waals surface area contributed by atoms with Crippen molar-refractivity contribution in [2.75, 3.05) is 23.0 Å². The molecule has 5 rings (SSSR count). The third-order valence-electron chi connectivity index (χ3n) is 5.98. The Hall–Kier alpha value is -3.93. The fourth-order valence-corrected chi connectivity index (χ4v) is 4.50. The summed E-state index contributed by atoms with van der Waals surface area (Å²) >= 11 is 0. The van der Waals surface area contributed by atoms with Gasteiger partial charge in [0.05, 0.1) is 17.9 Å². The van der Waals surface area contributed by atoms with Crippen LogP contribution in [-0.2, 0) is 16.0 Å². The number of carbonyl (C=O) groups excluding carboxylic acids is 2. The second-order valence-corrected chi connectivity index (χ2v) is 7.99. The number of hydrogen-bond donors (Lipinski definition) is 0. The molecule has 2 heterocycles. The monoisotopic (exact) mass is 442 g/mol. The zero-order valence-electron chi connectivity index (χ0n) is 18.3. The van der Waals surface area contributed by atoms with Crippen molar-refractivity contribution in [3.63, 3.8) is 0 Å². The van der Waals surface area contributed by atoms with Crippen LogP contribution in [0.25, 0.3) is 5.57 Å². The summed E-state index contributed by atoms with van der Waals surface area (Å²) < 4.78 is 19.1. The van der Waals surface area contributed by atoms with Gasteiger partial charge in [-0.3, -0.25) is 9.59 Å². The average molecular weight is 442 g/mol. The smallest absolute Gasteiger partial charge is 0.282 e. The number of ether oxygens (including phenoxy) is 1. The number of imide groups is 1. The molecule has 3 aromatic carbocycles. The van der Waals surface area contributed by atoms with E-state index in [2.05, 4.69) is 0 Å². The Morgan fingerprint density at radius 2 is 1.64 bits per heavy atom.